The van der Waals surface area contributed by atoms with Crippen molar-refractivity contribution in [1.29, 1.82) is 5.53 Å². The summed E-state index contributed by atoms with van der Waals surface area (Å²) in [4.78, 5) is 0. The van der Waals surface area contributed by atoms with Crippen LogP contribution in [0.25, 0.3) is 0 Å². The average molecular weight is 163 g/mol. The highest BCUT2D eigenvalue weighted by atomic mass is 15.0. The zero-order valence-electron chi connectivity index (χ0n) is 7.33. The van der Waals surface area contributed by atoms with Crippen LogP contribution in [0.4, 0.5) is 11.4 Å². The first kappa shape index (κ1) is 8.71. The topological polar surface area (TPSA) is 62.2 Å². The molecular formula is C9H13N3. The predicted octanol–water partition coefficient (Wildman–Crippen LogP) is 3.05. The van der Waals surface area contributed by atoms with Gasteiger partial charge in [0.05, 0.1) is 5.69 Å². The zero-order valence-corrected chi connectivity index (χ0v) is 7.33. The summed E-state index contributed by atoms with van der Waals surface area (Å²) in [5, 5.41) is 3.34. The van der Waals surface area contributed by atoms with Gasteiger partial charge in [0.15, 0.2) is 0 Å². The number of benzene rings is 1. The molecule has 3 nitrogen and oxygen atoms in total. The average Bonchev–Trinajstić information content (AvgIpc) is 2.05. The van der Waals surface area contributed by atoms with E-state index in [9.17, 15) is 0 Å². The van der Waals surface area contributed by atoms with Gasteiger partial charge in [-0.1, -0.05) is 19.9 Å². The summed E-state index contributed by atoms with van der Waals surface area (Å²) in [6, 6.07) is 5.62. The van der Waals surface area contributed by atoms with E-state index in [1.54, 1.807) is 6.07 Å². The molecule has 0 saturated heterocycles. The van der Waals surface area contributed by atoms with Crippen LogP contribution in [0.15, 0.2) is 23.3 Å². The molecule has 3 heteroatoms. The van der Waals surface area contributed by atoms with Crippen LogP contribution in [0.1, 0.15) is 25.3 Å². The number of nitrogen functional groups attached to an aromatic ring is 1. The lowest BCUT2D eigenvalue weighted by Gasteiger charge is -2.06. The quantitative estimate of drug-likeness (QED) is 0.510. The first-order valence-corrected chi connectivity index (χ1v) is 3.92. The highest BCUT2D eigenvalue weighted by molar-refractivity contribution is 5.63. The second-order valence-electron chi connectivity index (χ2n) is 3.08. The van der Waals surface area contributed by atoms with Crippen LogP contribution in [0, 0.1) is 5.53 Å². The normalized spacial score (nSPS) is 10.2. The molecule has 1 aromatic rings. The van der Waals surface area contributed by atoms with Crippen LogP contribution < -0.4 is 5.73 Å². The number of nitrogens with two attached hydrogens (primary N) is 1. The van der Waals surface area contributed by atoms with Gasteiger partial charge in [-0.2, -0.15) is 5.11 Å². The maximum absolute atomic E-state index is 6.87. The van der Waals surface area contributed by atoms with E-state index in [0.29, 0.717) is 17.3 Å². The van der Waals surface area contributed by atoms with Crippen molar-refractivity contribution >= 4 is 11.4 Å². The van der Waals surface area contributed by atoms with E-state index in [1.165, 1.54) is 0 Å². The number of anilines is 1. The summed E-state index contributed by atoms with van der Waals surface area (Å²) in [5.74, 6) is 0.450. The molecule has 0 aromatic heterocycles. The molecule has 0 spiro atoms. The van der Waals surface area contributed by atoms with Gasteiger partial charge in [0.1, 0.15) is 5.69 Å². The number of rotatable bonds is 2. The van der Waals surface area contributed by atoms with Crippen molar-refractivity contribution in [2.45, 2.75) is 19.8 Å². The van der Waals surface area contributed by atoms with Gasteiger partial charge in [0.25, 0.3) is 0 Å². The van der Waals surface area contributed by atoms with Crippen molar-refractivity contribution < 1.29 is 0 Å². The van der Waals surface area contributed by atoms with Crippen LogP contribution >= 0.6 is 0 Å². The van der Waals surface area contributed by atoms with Gasteiger partial charge in [-0.15, -0.1) is 0 Å². The molecule has 1 aromatic carbocycles. The Morgan fingerprint density at radius 1 is 1.42 bits per heavy atom. The first-order chi connectivity index (χ1) is 5.65. The molecule has 12 heavy (non-hydrogen) atoms. The number of nitrogens with zero attached hydrogens (tertiary/aromatic N) is 1. The van der Waals surface area contributed by atoms with Gasteiger partial charge < -0.3 is 5.73 Å². The van der Waals surface area contributed by atoms with Crippen molar-refractivity contribution in [3.8, 4) is 0 Å². The third-order valence-corrected chi connectivity index (χ3v) is 1.84. The second-order valence-corrected chi connectivity index (χ2v) is 3.08. The molecule has 0 radical (unpaired) electrons. The second kappa shape index (κ2) is 3.34. The molecule has 0 fully saturated rings. The molecular weight excluding hydrogens is 150 g/mol. The first-order valence-electron chi connectivity index (χ1n) is 3.92. The maximum Gasteiger partial charge on any atom is 0.108 e. The lowest BCUT2D eigenvalue weighted by atomic mass is 10.0. The van der Waals surface area contributed by atoms with Gasteiger partial charge in [-0.25, -0.2) is 5.53 Å². The molecule has 0 aliphatic carbocycles. The Labute approximate surface area is 72.1 Å². The number of hydrogen-bond donors (Lipinski definition) is 2. The summed E-state index contributed by atoms with van der Waals surface area (Å²) in [7, 11) is 0. The molecule has 0 unspecified atom stereocenters. The standard InChI is InChI=1S/C9H13N3/c1-6(2)7-3-4-8(10)9(5-7)12-11/h3-6,11H,10H2,1-2H3. The minimum atomic E-state index is 0.450. The van der Waals surface area contributed by atoms with Crippen molar-refractivity contribution in [1.82, 2.24) is 0 Å². The van der Waals surface area contributed by atoms with E-state index in [1.807, 2.05) is 12.1 Å². The van der Waals surface area contributed by atoms with Gasteiger partial charge >= 0.3 is 0 Å². The number of hydrogen-bond acceptors (Lipinski definition) is 3. The van der Waals surface area contributed by atoms with Crippen LogP contribution in [0.5, 0.6) is 0 Å². The van der Waals surface area contributed by atoms with Gasteiger partial charge in [-0.05, 0) is 23.6 Å². The molecule has 0 amide bonds. The third-order valence-electron chi connectivity index (χ3n) is 1.84. The smallest absolute Gasteiger partial charge is 0.108 e. The van der Waals surface area contributed by atoms with Crippen LogP contribution in [0.2, 0.25) is 0 Å². The Kier molecular flexibility index (Phi) is 2.43. The maximum atomic E-state index is 6.87. The van der Waals surface area contributed by atoms with Crippen LogP contribution in [0.3, 0.4) is 0 Å². The SMILES string of the molecule is CC(C)c1ccc(N)c(N=N)c1. The van der Waals surface area contributed by atoms with Gasteiger partial charge in [-0.3, -0.25) is 0 Å². The van der Waals surface area contributed by atoms with Crippen LogP contribution in [-0.2, 0) is 0 Å². The van der Waals surface area contributed by atoms with E-state index in [4.69, 9.17) is 11.3 Å². The van der Waals surface area contributed by atoms with E-state index < -0.39 is 0 Å². The summed E-state index contributed by atoms with van der Waals surface area (Å²) in [6.07, 6.45) is 0. The Morgan fingerprint density at radius 2 is 2.08 bits per heavy atom. The van der Waals surface area contributed by atoms with E-state index in [-0.39, 0.29) is 0 Å². The third kappa shape index (κ3) is 1.61. The summed E-state index contributed by atoms with van der Waals surface area (Å²) in [6.45, 7) is 4.19. The Hall–Kier alpha value is -1.38. The summed E-state index contributed by atoms with van der Waals surface area (Å²) < 4.78 is 0. The fourth-order valence-corrected chi connectivity index (χ4v) is 1.02. The zero-order chi connectivity index (χ0) is 9.14. The lowest BCUT2D eigenvalue weighted by molar-refractivity contribution is 0.866. The Morgan fingerprint density at radius 3 is 2.58 bits per heavy atom. The molecule has 0 saturated carbocycles. The van der Waals surface area contributed by atoms with Crippen molar-refractivity contribution in [2.24, 2.45) is 5.11 Å². The van der Waals surface area contributed by atoms with E-state index >= 15 is 0 Å². The van der Waals surface area contributed by atoms with E-state index in [2.05, 4.69) is 19.0 Å². The minimum Gasteiger partial charge on any atom is -0.397 e. The van der Waals surface area contributed by atoms with Crippen molar-refractivity contribution in [3.63, 3.8) is 0 Å². The molecule has 0 aliphatic rings. The fourth-order valence-electron chi connectivity index (χ4n) is 1.02. The molecule has 0 bridgehead atoms. The van der Waals surface area contributed by atoms with E-state index in [0.717, 1.165) is 5.56 Å². The predicted molar refractivity (Wildman–Crippen MR) is 49.8 cm³/mol. The molecule has 0 atom stereocenters. The highest BCUT2D eigenvalue weighted by Crippen LogP contribution is 2.26. The summed E-state index contributed by atoms with van der Waals surface area (Å²) >= 11 is 0. The fraction of sp³-hybridized carbons (Fsp3) is 0.333. The van der Waals surface area contributed by atoms with Crippen LogP contribution in [-0.4, -0.2) is 0 Å². The summed E-state index contributed by atoms with van der Waals surface area (Å²) in [5.41, 5.74) is 14.7. The minimum absolute atomic E-state index is 0.450. The highest BCUT2D eigenvalue weighted by Gasteiger charge is 2.02. The molecule has 3 N–H and O–H groups in total. The van der Waals surface area contributed by atoms with Gasteiger partial charge in [0, 0.05) is 0 Å². The molecule has 0 aliphatic heterocycles. The molecule has 64 valence electrons. The Balaban J connectivity index is 3.13. The molecule has 0 heterocycles. The van der Waals surface area contributed by atoms with Crippen molar-refractivity contribution in [2.75, 3.05) is 5.73 Å². The largest absolute Gasteiger partial charge is 0.397 e. The van der Waals surface area contributed by atoms with Gasteiger partial charge in [0.2, 0.25) is 0 Å². The lowest BCUT2D eigenvalue weighted by Crippen LogP contribution is -1.90. The number of nitrogens with one attached hydrogen (secondary N) is 1. The Bertz CT molecular complexity index is 292. The monoisotopic (exact) mass is 163 g/mol. The molecule has 1 rings (SSSR count). The van der Waals surface area contributed by atoms with Crippen molar-refractivity contribution in [3.05, 3.63) is 23.8 Å².